The highest BCUT2D eigenvalue weighted by molar-refractivity contribution is 5.70. The standard InChI is InChI=1S/C15H27NO2/c1-3-18-14(17)12-15(2,11-13-7-8-13)16-9-5-4-6-10-16/h13H,3-12H2,1-2H3. The second-order valence-corrected chi connectivity index (χ2v) is 6.17. The SMILES string of the molecule is CCOC(=O)CC(C)(CC1CC1)N1CCCCC1. The predicted octanol–water partition coefficient (Wildman–Crippen LogP) is 2.98. The third-order valence-electron chi connectivity index (χ3n) is 4.38. The zero-order valence-corrected chi connectivity index (χ0v) is 11.9. The van der Waals surface area contributed by atoms with E-state index in [0.717, 1.165) is 19.0 Å². The largest absolute Gasteiger partial charge is 0.466 e. The molecule has 104 valence electrons. The molecule has 0 N–H and O–H groups in total. The van der Waals surface area contributed by atoms with Gasteiger partial charge in [0.05, 0.1) is 13.0 Å². The van der Waals surface area contributed by atoms with Crippen LogP contribution in [0.15, 0.2) is 0 Å². The van der Waals surface area contributed by atoms with Gasteiger partial charge in [-0.3, -0.25) is 9.69 Å². The molecule has 3 heteroatoms. The first-order valence-electron chi connectivity index (χ1n) is 7.55. The summed E-state index contributed by atoms with van der Waals surface area (Å²) in [6.45, 7) is 6.97. The number of esters is 1. The minimum absolute atomic E-state index is 0.0220. The molecule has 0 amide bonds. The Morgan fingerprint density at radius 1 is 1.28 bits per heavy atom. The highest BCUT2D eigenvalue weighted by Crippen LogP contribution is 2.41. The van der Waals surface area contributed by atoms with Crippen LogP contribution in [0.25, 0.3) is 0 Å². The van der Waals surface area contributed by atoms with E-state index >= 15 is 0 Å². The molecule has 0 spiro atoms. The Hall–Kier alpha value is -0.570. The fourth-order valence-electron chi connectivity index (χ4n) is 3.21. The van der Waals surface area contributed by atoms with Crippen molar-refractivity contribution >= 4 is 5.97 Å². The topological polar surface area (TPSA) is 29.5 Å². The van der Waals surface area contributed by atoms with Crippen molar-refractivity contribution in [2.45, 2.75) is 64.3 Å². The second-order valence-electron chi connectivity index (χ2n) is 6.17. The molecule has 2 aliphatic rings. The van der Waals surface area contributed by atoms with Gasteiger partial charge in [-0.1, -0.05) is 19.3 Å². The second kappa shape index (κ2) is 6.05. The Morgan fingerprint density at radius 3 is 2.50 bits per heavy atom. The molecule has 0 radical (unpaired) electrons. The summed E-state index contributed by atoms with van der Waals surface area (Å²) in [5.41, 5.74) is 0.0356. The van der Waals surface area contributed by atoms with E-state index in [9.17, 15) is 4.79 Å². The maximum atomic E-state index is 11.9. The van der Waals surface area contributed by atoms with Crippen LogP contribution in [0.5, 0.6) is 0 Å². The summed E-state index contributed by atoms with van der Waals surface area (Å²) in [6, 6.07) is 0. The molecule has 0 aromatic heterocycles. The lowest BCUT2D eigenvalue weighted by molar-refractivity contribution is -0.146. The van der Waals surface area contributed by atoms with Gasteiger partial charge in [-0.15, -0.1) is 0 Å². The summed E-state index contributed by atoms with van der Waals surface area (Å²) in [5, 5.41) is 0. The molecule has 0 aromatic rings. The summed E-state index contributed by atoms with van der Waals surface area (Å²) < 4.78 is 5.16. The summed E-state index contributed by atoms with van der Waals surface area (Å²) in [7, 11) is 0. The van der Waals surface area contributed by atoms with E-state index in [0.29, 0.717) is 13.0 Å². The Bertz CT molecular complexity index is 282. The number of piperidine rings is 1. The summed E-state index contributed by atoms with van der Waals surface area (Å²) in [6.07, 6.45) is 8.35. The van der Waals surface area contributed by atoms with Crippen molar-refractivity contribution in [1.29, 1.82) is 0 Å². The fraction of sp³-hybridized carbons (Fsp3) is 0.933. The van der Waals surface area contributed by atoms with Crippen LogP contribution in [-0.2, 0) is 9.53 Å². The molecular formula is C15H27NO2. The number of carbonyl (C=O) groups is 1. The van der Waals surface area contributed by atoms with E-state index in [1.807, 2.05) is 6.92 Å². The van der Waals surface area contributed by atoms with Gasteiger partial charge in [0.25, 0.3) is 0 Å². The lowest BCUT2D eigenvalue weighted by Gasteiger charge is -2.43. The van der Waals surface area contributed by atoms with Crippen LogP contribution in [0.1, 0.15) is 58.8 Å². The Balaban J connectivity index is 1.97. The average molecular weight is 253 g/mol. The number of carbonyl (C=O) groups excluding carboxylic acids is 1. The first kappa shape index (κ1) is 13.9. The van der Waals surface area contributed by atoms with Gasteiger partial charge < -0.3 is 4.74 Å². The van der Waals surface area contributed by atoms with Crippen molar-refractivity contribution < 1.29 is 9.53 Å². The molecule has 2 fully saturated rings. The van der Waals surface area contributed by atoms with Crippen molar-refractivity contribution in [2.24, 2.45) is 5.92 Å². The number of ether oxygens (including phenoxy) is 1. The van der Waals surface area contributed by atoms with Gasteiger partial charge in [-0.05, 0) is 52.1 Å². The Kier molecular flexibility index (Phi) is 4.66. The zero-order chi connectivity index (χ0) is 13.0. The van der Waals surface area contributed by atoms with Crippen LogP contribution < -0.4 is 0 Å². The molecule has 1 atom stereocenters. The van der Waals surface area contributed by atoms with Gasteiger partial charge in [-0.2, -0.15) is 0 Å². The van der Waals surface area contributed by atoms with Gasteiger partial charge >= 0.3 is 5.97 Å². The summed E-state index contributed by atoms with van der Waals surface area (Å²) in [4.78, 5) is 14.4. The van der Waals surface area contributed by atoms with Gasteiger partial charge in [0.1, 0.15) is 0 Å². The minimum Gasteiger partial charge on any atom is -0.466 e. The van der Waals surface area contributed by atoms with Gasteiger partial charge in [-0.25, -0.2) is 0 Å². The van der Waals surface area contributed by atoms with Gasteiger partial charge in [0.2, 0.25) is 0 Å². The summed E-state index contributed by atoms with van der Waals surface area (Å²) >= 11 is 0. The quantitative estimate of drug-likeness (QED) is 0.682. The monoisotopic (exact) mass is 253 g/mol. The maximum absolute atomic E-state index is 11.9. The molecule has 3 nitrogen and oxygen atoms in total. The van der Waals surface area contributed by atoms with E-state index in [4.69, 9.17) is 4.74 Å². The number of rotatable bonds is 6. The highest BCUT2D eigenvalue weighted by Gasteiger charge is 2.40. The smallest absolute Gasteiger partial charge is 0.307 e. The van der Waals surface area contributed by atoms with Gasteiger partial charge in [0.15, 0.2) is 0 Å². The van der Waals surface area contributed by atoms with Crippen LogP contribution in [-0.4, -0.2) is 36.1 Å². The van der Waals surface area contributed by atoms with E-state index in [1.54, 1.807) is 0 Å². The van der Waals surface area contributed by atoms with E-state index in [1.165, 1.54) is 38.5 Å². The molecule has 1 saturated heterocycles. The van der Waals surface area contributed by atoms with Crippen LogP contribution in [0.3, 0.4) is 0 Å². The van der Waals surface area contributed by atoms with Crippen LogP contribution in [0.4, 0.5) is 0 Å². The molecule has 0 aromatic carbocycles. The Labute approximate surface area is 111 Å². The molecule has 1 unspecified atom stereocenters. The van der Waals surface area contributed by atoms with Crippen molar-refractivity contribution in [3.05, 3.63) is 0 Å². The normalized spacial score (nSPS) is 24.6. The first-order valence-corrected chi connectivity index (χ1v) is 7.55. The first-order chi connectivity index (χ1) is 8.64. The van der Waals surface area contributed by atoms with E-state index < -0.39 is 0 Å². The third-order valence-corrected chi connectivity index (χ3v) is 4.38. The average Bonchev–Trinajstić information content (AvgIpc) is 3.14. The van der Waals surface area contributed by atoms with E-state index in [-0.39, 0.29) is 11.5 Å². The lowest BCUT2D eigenvalue weighted by Crippen LogP contribution is -2.50. The number of nitrogens with zero attached hydrogens (tertiary/aromatic N) is 1. The van der Waals surface area contributed by atoms with Crippen LogP contribution in [0, 0.1) is 5.92 Å². The third kappa shape index (κ3) is 3.71. The molecule has 0 bridgehead atoms. The molecule has 2 rings (SSSR count). The van der Waals surface area contributed by atoms with Crippen LogP contribution in [0.2, 0.25) is 0 Å². The number of likely N-dealkylation sites (tertiary alicyclic amines) is 1. The number of hydrogen-bond acceptors (Lipinski definition) is 3. The minimum atomic E-state index is -0.0220. The lowest BCUT2D eigenvalue weighted by atomic mass is 9.87. The highest BCUT2D eigenvalue weighted by atomic mass is 16.5. The van der Waals surface area contributed by atoms with Crippen LogP contribution >= 0.6 is 0 Å². The van der Waals surface area contributed by atoms with Crippen molar-refractivity contribution in [3.8, 4) is 0 Å². The molecule has 1 aliphatic carbocycles. The zero-order valence-electron chi connectivity index (χ0n) is 11.9. The molecule has 1 heterocycles. The maximum Gasteiger partial charge on any atom is 0.307 e. The van der Waals surface area contributed by atoms with Crippen molar-refractivity contribution in [3.63, 3.8) is 0 Å². The van der Waals surface area contributed by atoms with E-state index in [2.05, 4.69) is 11.8 Å². The molecule has 1 saturated carbocycles. The Morgan fingerprint density at radius 2 is 1.94 bits per heavy atom. The van der Waals surface area contributed by atoms with Crippen molar-refractivity contribution in [1.82, 2.24) is 4.90 Å². The van der Waals surface area contributed by atoms with Crippen molar-refractivity contribution in [2.75, 3.05) is 19.7 Å². The van der Waals surface area contributed by atoms with Gasteiger partial charge in [0, 0.05) is 5.54 Å². The summed E-state index contributed by atoms with van der Waals surface area (Å²) in [5.74, 6) is 0.831. The molecular weight excluding hydrogens is 226 g/mol. The fourth-order valence-corrected chi connectivity index (χ4v) is 3.21. The molecule has 1 aliphatic heterocycles. The molecule has 18 heavy (non-hydrogen) atoms. The number of hydrogen-bond donors (Lipinski definition) is 0. The predicted molar refractivity (Wildman–Crippen MR) is 72.4 cm³/mol.